The Morgan fingerprint density at radius 2 is 1.70 bits per heavy atom. The summed E-state index contributed by atoms with van der Waals surface area (Å²) in [7, 11) is 1.77. The molecule has 0 saturated carbocycles. The van der Waals surface area contributed by atoms with Crippen LogP contribution in [0, 0.1) is 6.92 Å². The van der Waals surface area contributed by atoms with Gasteiger partial charge in [-0.05, 0) is 43.3 Å². The van der Waals surface area contributed by atoms with E-state index in [1.807, 2.05) is 43.3 Å². The first kappa shape index (κ1) is 18.3. The van der Waals surface area contributed by atoms with Gasteiger partial charge in [-0.3, -0.25) is 4.79 Å². The summed E-state index contributed by atoms with van der Waals surface area (Å²) >= 11 is 0. The van der Waals surface area contributed by atoms with Gasteiger partial charge in [0.1, 0.15) is 17.2 Å². The van der Waals surface area contributed by atoms with E-state index in [1.54, 1.807) is 41.9 Å². The van der Waals surface area contributed by atoms with Crippen LogP contribution < -0.4 is 10.1 Å². The third-order valence-electron chi connectivity index (χ3n) is 4.01. The van der Waals surface area contributed by atoms with Gasteiger partial charge >= 0.3 is 5.97 Å². The molecule has 0 radical (unpaired) electrons. The number of aryl methyl sites for hydroxylation is 1. The van der Waals surface area contributed by atoms with Crippen LogP contribution in [-0.2, 0) is 16.6 Å². The number of hydrogen-bond donors (Lipinski definition) is 1. The highest BCUT2D eigenvalue weighted by Crippen LogP contribution is 2.23. The summed E-state index contributed by atoms with van der Waals surface area (Å²) in [6.45, 7) is 1.51. The Balaban J connectivity index is 1.55. The van der Waals surface area contributed by atoms with Gasteiger partial charge in [0.25, 0.3) is 5.91 Å². The van der Waals surface area contributed by atoms with Gasteiger partial charge in [0.05, 0.1) is 0 Å². The van der Waals surface area contributed by atoms with Gasteiger partial charge in [0, 0.05) is 24.5 Å². The zero-order chi connectivity index (χ0) is 19.2. The van der Waals surface area contributed by atoms with Crippen molar-refractivity contribution >= 4 is 17.6 Å². The number of para-hydroxylation sites is 1. The molecule has 0 fully saturated rings. The van der Waals surface area contributed by atoms with Crippen LogP contribution in [0.1, 0.15) is 16.2 Å². The first-order chi connectivity index (χ1) is 13.0. The van der Waals surface area contributed by atoms with Gasteiger partial charge in [-0.1, -0.05) is 24.3 Å². The highest BCUT2D eigenvalue weighted by Gasteiger charge is 2.14. The van der Waals surface area contributed by atoms with E-state index < -0.39 is 11.9 Å². The predicted molar refractivity (Wildman–Crippen MR) is 102 cm³/mol. The lowest BCUT2D eigenvalue weighted by Crippen LogP contribution is -2.21. The maximum atomic E-state index is 12.1. The third kappa shape index (κ3) is 4.76. The topological polar surface area (TPSA) is 69.6 Å². The lowest BCUT2D eigenvalue weighted by atomic mass is 10.3. The lowest BCUT2D eigenvalue weighted by molar-refractivity contribution is -0.119. The molecular weight excluding hydrogens is 344 g/mol. The number of nitrogens with zero attached hydrogens (tertiary/aromatic N) is 1. The average Bonchev–Trinajstić information content (AvgIpc) is 3.00. The quantitative estimate of drug-likeness (QED) is 0.673. The SMILES string of the molecule is Cc1ccc(C(=O)OCC(=O)Nc2cccc(Oc3ccccc3)c2)n1C. The van der Waals surface area contributed by atoms with Crippen LogP contribution in [-0.4, -0.2) is 23.1 Å². The number of carbonyl (C=O) groups excluding carboxylic acids is 2. The monoisotopic (exact) mass is 364 g/mol. The molecule has 0 aliphatic rings. The van der Waals surface area contributed by atoms with E-state index in [2.05, 4.69) is 5.32 Å². The zero-order valence-electron chi connectivity index (χ0n) is 15.1. The molecule has 0 unspecified atom stereocenters. The summed E-state index contributed by atoms with van der Waals surface area (Å²) in [5.41, 5.74) is 1.89. The molecule has 1 heterocycles. The second-order valence-corrected chi connectivity index (χ2v) is 5.99. The summed E-state index contributed by atoms with van der Waals surface area (Å²) in [6, 6.07) is 19.8. The van der Waals surface area contributed by atoms with Crippen molar-refractivity contribution in [3.05, 3.63) is 78.1 Å². The fraction of sp³-hybridized carbons (Fsp3) is 0.143. The molecule has 6 nitrogen and oxygen atoms in total. The smallest absolute Gasteiger partial charge is 0.355 e. The van der Waals surface area contributed by atoms with Crippen LogP contribution in [0.4, 0.5) is 5.69 Å². The Hall–Kier alpha value is -3.54. The van der Waals surface area contributed by atoms with Crippen LogP contribution in [0.3, 0.4) is 0 Å². The molecule has 138 valence electrons. The van der Waals surface area contributed by atoms with E-state index >= 15 is 0 Å². The van der Waals surface area contributed by atoms with Crippen LogP contribution in [0.2, 0.25) is 0 Å². The third-order valence-corrected chi connectivity index (χ3v) is 4.01. The highest BCUT2D eigenvalue weighted by molar-refractivity contribution is 5.95. The molecule has 1 amide bonds. The largest absolute Gasteiger partial charge is 0.457 e. The van der Waals surface area contributed by atoms with E-state index in [0.29, 0.717) is 22.9 Å². The number of nitrogens with one attached hydrogen (secondary N) is 1. The number of esters is 1. The van der Waals surface area contributed by atoms with Crippen molar-refractivity contribution < 1.29 is 19.1 Å². The van der Waals surface area contributed by atoms with Gasteiger partial charge in [0.15, 0.2) is 6.61 Å². The highest BCUT2D eigenvalue weighted by atomic mass is 16.5. The Morgan fingerprint density at radius 1 is 0.963 bits per heavy atom. The van der Waals surface area contributed by atoms with E-state index in [-0.39, 0.29) is 6.61 Å². The number of rotatable bonds is 6. The van der Waals surface area contributed by atoms with Crippen molar-refractivity contribution in [3.63, 3.8) is 0 Å². The normalized spacial score (nSPS) is 10.3. The molecule has 1 aromatic heterocycles. The predicted octanol–water partition coefficient (Wildman–Crippen LogP) is 3.92. The summed E-state index contributed by atoms with van der Waals surface area (Å²) < 4.78 is 12.5. The van der Waals surface area contributed by atoms with Crippen LogP contribution in [0.25, 0.3) is 0 Å². The Kier molecular flexibility index (Phi) is 5.56. The Morgan fingerprint density at radius 3 is 2.41 bits per heavy atom. The van der Waals surface area contributed by atoms with Crippen molar-refractivity contribution in [2.75, 3.05) is 11.9 Å². The van der Waals surface area contributed by atoms with Crippen molar-refractivity contribution in [2.24, 2.45) is 7.05 Å². The first-order valence-electron chi connectivity index (χ1n) is 8.45. The maximum absolute atomic E-state index is 12.1. The Labute approximate surface area is 157 Å². The van der Waals surface area contributed by atoms with Gasteiger partial charge in [0.2, 0.25) is 0 Å². The van der Waals surface area contributed by atoms with E-state index in [0.717, 1.165) is 5.69 Å². The molecule has 3 rings (SSSR count). The number of amides is 1. The van der Waals surface area contributed by atoms with Crippen LogP contribution >= 0.6 is 0 Å². The molecule has 0 bridgehead atoms. The second kappa shape index (κ2) is 8.23. The number of benzene rings is 2. The molecule has 3 aromatic rings. The Bertz CT molecular complexity index is 948. The summed E-state index contributed by atoms with van der Waals surface area (Å²) in [5, 5.41) is 2.69. The second-order valence-electron chi connectivity index (χ2n) is 5.99. The standard InChI is InChI=1S/C21H20N2O4/c1-15-11-12-19(23(15)2)21(25)26-14-20(24)22-16-7-6-10-18(13-16)27-17-8-4-3-5-9-17/h3-13H,14H2,1-2H3,(H,22,24). The van der Waals surface area contributed by atoms with Gasteiger partial charge < -0.3 is 19.4 Å². The number of aromatic nitrogens is 1. The molecular formula is C21H20N2O4. The minimum atomic E-state index is -0.540. The molecule has 0 spiro atoms. The van der Waals surface area contributed by atoms with Crippen molar-refractivity contribution in [3.8, 4) is 11.5 Å². The van der Waals surface area contributed by atoms with E-state index in [9.17, 15) is 9.59 Å². The number of anilines is 1. The lowest BCUT2D eigenvalue weighted by Gasteiger charge is -2.10. The molecule has 0 saturated heterocycles. The minimum absolute atomic E-state index is 0.368. The first-order valence-corrected chi connectivity index (χ1v) is 8.45. The summed E-state index contributed by atoms with van der Waals surface area (Å²) in [4.78, 5) is 24.1. The van der Waals surface area contributed by atoms with Crippen molar-refractivity contribution in [2.45, 2.75) is 6.92 Å². The fourth-order valence-electron chi connectivity index (χ4n) is 2.48. The molecule has 0 atom stereocenters. The maximum Gasteiger partial charge on any atom is 0.355 e. The molecule has 1 N–H and O–H groups in total. The molecule has 2 aromatic carbocycles. The average molecular weight is 364 g/mol. The van der Waals surface area contributed by atoms with Gasteiger partial charge in [-0.2, -0.15) is 0 Å². The van der Waals surface area contributed by atoms with Gasteiger partial charge in [-0.25, -0.2) is 4.79 Å². The number of carbonyl (C=O) groups is 2. The summed E-state index contributed by atoms with van der Waals surface area (Å²) in [6.07, 6.45) is 0. The van der Waals surface area contributed by atoms with E-state index in [4.69, 9.17) is 9.47 Å². The van der Waals surface area contributed by atoms with E-state index in [1.165, 1.54) is 0 Å². The molecule has 0 aliphatic heterocycles. The summed E-state index contributed by atoms with van der Waals surface area (Å²) in [5.74, 6) is 0.330. The number of ether oxygens (including phenoxy) is 2. The number of hydrogen-bond acceptors (Lipinski definition) is 4. The zero-order valence-corrected chi connectivity index (χ0v) is 15.1. The minimum Gasteiger partial charge on any atom is -0.457 e. The molecule has 6 heteroatoms. The van der Waals surface area contributed by atoms with Gasteiger partial charge in [-0.15, -0.1) is 0 Å². The van der Waals surface area contributed by atoms with Crippen molar-refractivity contribution in [1.29, 1.82) is 0 Å². The van der Waals surface area contributed by atoms with Crippen LogP contribution in [0.15, 0.2) is 66.7 Å². The fourth-order valence-corrected chi connectivity index (χ4v) is 2.48. The molecule has 0 aliphatic carbocycles. The molecule has 27 heavy (non-hydrogen) atoms. The van der Waals surface area contributed by atoms with Crippen molar-refractivity contribution in [1.82, 2.24) is 4.57 Å². The van der Waals surface area contributed by atoms with Crippen LogP contribution in [0.5, 0.6) is 11.5 Å².